The smallest absolute Gasteiger partial charge is 0.263 e. The first kappa shape index (κ1) is 18.8. The van der Waals surface area contributed by atoms with Gasteiger partial charge in [-0.3, -0.25) is 14.2 Å². The summed E-state index contributed by atoms with van der Waals surface area (Å²) in [6.07, 6.45) is 3.50. The highest BCUT2D eigenvalue weighted by atomic mass is 35.5. The van der Waals surface area contributed by atoms with Crippen LogP contribution in [-0.2, 0) is 11.3 Å². The molecule has 3 aromatic heterocycles. The first-order valence-electron chi connectivity index (χ1n) is 9.21. The van der Waals surface area contributed by atoms with Gasteiger partial charge in [-0.05, 0) is 41.8 Å². The maximum Gasteiger partial charge on any atom is 0.263 e. The number of carbonyl (C=O) groups is 1. The number of amides is 1. The van der Waals surface area contributed by atoms with Crippen molar-refractivity contribution in [1.29, 1.82) is 0 Å². The van der Waals surface area contributed by atoms with Crippen LogP contribution in [0.5, 0.6) is 0 Å². The summed E-state index contributed by atoms with van der Waals surface area (Å²) in [7, 11) is 0. The minimum absolute atomic E-state index is 0.175. The van der Waals surface area contributed by atoms with Crippen LogP contribution in [0.3, 0.4) is 0 Å². The monoisotopic (exact) mass is 438 g/mol. The van der Waals surface area contributed by atoms with Crippen molar-refractivity contribution in [1.82, 2.24) is 14.6 Å². The predicted molar refractivity (Wildman–Crippen MR) is 115 cm³/mol. The first-order valence-corrected chi connectivity index (χ1v) is 10.5. The van der Waals surface area contributed by atoms with Gasteiger partial charge in [-0.2, -0.15) is 5.10 Å². The van der Waals surface area contributed by atoms with E-state index in [1.54, 1.807) is 41.9 Å². The highest BCUT2D eigenvalue weighted by Gasteiger charge is 2.34. The molecule has 0 fully saturated rings. The molecule has 4 aromatic rings. The molecule has 150 valence electrons. The van der Waals surface area contributed by atoms with E-state index in [9.17, 15) is 9.59 Å². The summed E-state index contributed by atoms with van der Waals surface area (Å²) in [5.74, 6) is 0.325. The van der Waals surface area contributed by atoms with Gasteiger partial charge in [0.15, 0.2) is 0 Å². The van der Waals surface area contributed by atoms with Crippen LogP contribution >= 0.6 is 22.9 Å². The summed E-state index contributed by atoms with van der Waals surface area (Å²) in [5, 5.41) is 8.74. The number of furan rings is 1. The third kappa shape index (κ3) is 3.34. The molecule has 5 rings (SSSR count). The normalized spacial score (nSPS) is 16.2. The maximum absolute atomic E-state index is 13.2. The Kier molecular flexibility index (Phi) is 4.72. The number of halogens is 1. The Morgan fingerprint density at radius 3 is 2.93 bits per heavy atom. The van der Waals surface area contributed by atoms with Crippen molar-refractivity contribution < 1.29 is 9.21 Å². The van der Waals surface area contributed by atoms with Crippen LogP contribution in [0.2, 0.25) is 5.02 Å². The highest BCUT2D eigenvalue weighted by molar-refractivity contribution is 7.10. The number of fused-ring (bicyclic) bond motifs is 1. The summed E-state index contributed by atoms with van der Waals surface area (Å²) in [6, 6.07) is 12.2. The molecule has 0 saturated carbocycles. The van der Waals surface area contributed by atoms with Crippen molar-refractivity contribution in [2.24, 2.45) is 5.10 Å². The lowest BCUT2D eigenvalue weighted by molar-refractivity contribution is -0.133. The van der Waals surface area contributed by atoms with E-state index in [-0.39, 0.29) is 24.1 Å². The second kappa shape index (κ2) is 7.55. The fraction of sp³-hybridized carbons (Fsp3) is 0.143. The Labute approximate surface area is 179 Å². The fourth-order valence-electron chi connectivity index (χ4n) is 3.50. The molecule has 30 heavy (non-hydrogen) atoms. The molecule has 1 amide bonds. The molecule has 0 unspecified atom stereocenters. The van der Waals surface area contributed by atoms with E-state index >= 15 is 0 Å². The first-order chi connectivity index (χ1) is 14.6. The fourth-order valence-corrected chi connectivity index (χ4v) is 4.48. The zero-order chi connectivity index (χ0) is 20.7. The molecule has 0 spiro atoms. The molecule has 0 saturated heterocycles. The lowest BCUT2D eigenvalue weighted by Crippen LogP contribution is -2.33. The van der Waals surface area contributed by atoms with Gasteiger partial charge in [0, 0.05) is 16.3 Å². The summed E-state index contributed by atoms with van der Waals surface area (Å²) >= 11 is 7.58. The highest BCUT2D eigenvalue weighted by Crippen LogP contribution is 2.35. The van der Waals surface area contributed by atoms with Crippen LogP contribution in [0.1, 0.15) is 23.1 Å². The standard InChI is InChI=1S/C21H15ClN4O3S/c22-13-5-6-15-14(9-13)21(28)25(12-23-15)11-20(27)26-17(19-4-2-8-30-19)10-16(24-26)18-3-1-7-29-18/h1-9,12,17H,10-11H2/t17-/m0/s1. The van der Waals surface area contributed by atoms with E-state index in [0.29, 0.717) is 33.8 Å². The number of aromatic nitrogens is 2. The van der Waals surface area contributed by atoms with Gasteiger partial charge in [-0.15, -0.1) is 11.3 Å². The Bertz CT molecular complexity index is 1310. The molecule has 1 aliphatic rings. The van der Waals surface area contributed by atoms with Crippen LogP contribution < -0.4 is 5.56 Å². The Balaban J connectivity index is 1.48. The van der Waals surface area contributed by atoms with Crippen molar-refractivity contribution in [3.63, 3.8) is 0 Å². The van der Waals surface area contributed by atoms with Crippen molar-refractivity contribution in [2.75, 3.05) is 0 Å². The SMILES string of the molecule is O=C(Cn1cnc2ccc(Cl)cc2c1=O)N1N=C(c2ccco2)C[C@H]1c1cccs1. The minimum atomic E-state index is -0.321. The van der Waals surface area contributed by atoms with Gasteiger partial charge in [-0.1, -0.05) is 17.7 Å². The molecule has 1 aromatic carbocycles. The summed E-state index contributed by atoms with van der Waals surface area (Å²) in [4.78, 5) is 31.3. The lowest BCUT2D eigenvalue weighted by Gasteiger charge is -2.21. The molecule has 0 aliphatic carbocycles. The number of nitrogens with zero attached hydrogens (tertiary/aromatic N) is 4. The zero-order valence-electron chi connectivity index (χ0n) is 15.6. The second-order valence-electron chi connectivity index (χ2n) is 6.84. The lowest BCUT2D eigenvalue weighted by atomic mass is 10.1. The number of rotatable bonds is 4. The van der Waals surface area contributed by atoms with E-state index in [1.807, 2.05) is 23.6 Å². The van der Waals surface area contributed by atoms with Crippen molar-refractivity contribution >= 4 is 45.5 Å². The molecule has 0 bridgehead atoms. The topological polar surface area (TPSA) is 80.7 Å². The number of hydrogen-bond donors (Lipinski definition) is 0. The maximum atomic E-state index is 13.2. The van der Waals surface area contributed by atoms with Gasteiger partial charge in [0.2, 0.25) is 0 Å². The summed E-state index contributed by atoms with van der Waals surface area (Å²) in [6.45, 7) is -0.175. The molecule has 1 atom stereocenters. The number of hydrogen-bond acceptors (Lipinski definition) is 6. The van der Waals surface area contributed by atoms with Crippen molar-refractivity contribution in [3.05, 3.63) is 86.4 Å². The van der Waals surface area contributed by atoms with Crippen LogP contribution in [0, 0.1) is 0 Å². The summed E-state index contributed by atoms with van der Waals surface area (Å²) in [5.41, 5.74) is 0.907. The van der Waals surface area contributed by atoms with Gasteiger partial charge >= 0.3 is 0 Å². The molecular weight excluding hydrogens is 424 g/mol. The number of thiophene rings is 1. The molecule has 0 radical (unpaired) electrons. The average Bonchev–Trinajstić information content (AvgIpc) is 3.50. The van der Waals surface area contributed by atoms with Crippen molar-refractivity contribution in [2.45, 2.75) is 19.0 Å². The van der Waals surface area contributed by atoms with Gasteiger partial charge in [0.25, 0.3) is 11.5 Å². The Morgan fingerprint density at radius 1 is 1.27 bits per heavy atom. The number of hydrazone groups is 1. The van der Waals surface area contributed by atoms with Gasteiger partial charge in [0.05, 0.1) is 29.5 Å². The van der Waals surface area contributed by atoms with E-state index in [1.165, 1.54) is 15.9 Å². The van der Waals surface area contributed by atoms with E-state index in [4.69, 9.17) is 16.0 Å². The van der Waals surface area contributed by atoms with E-state index in [2.05, 4.69) is 10.1 Å². The zero-order valence-corrected chi connectivity index (χ0v) is 17.1. The largest absolute Gasteiger partial charge is 0.463 e. The molecule has 4 heterocycles. The third-order valence-corrected chi connectivity index (χ3v) is 6.14. The molecule has 7 nitrogen and oxygen atoms in total. The van der Waals surface area contributed by atoms with E-state index < -0.39 is 0 Å². The summed E-state index contributed by atoms with van der Waals surface area (Å²) < 4.78 is 6.75. The molecular formula is C21H15ClN4O3S. The van der Waals surface area contributed by atoms with Gasteiger partial charge in [0.1, 0.15) is 18.0 Å². The average molecular weight is 439 g/mol. The predicted octanol–water partition coefficient (Wildman–Crippen LogP) is 4.08. The van der Waals surface area contributed by atoms with Crippen molar-refractivity contribution in [3.8, 4) is 0 Å². The van der Waals surface area contributed by atoms with Gasteiger partial charge < -0.3 is 4.42 Å². The Morgan fingerprint density at radius 2 is 2.17 bits per heavy atom. The molecule has 1 aliphatic heterocycles. The number of carbonyl (C=O) groups excluding carboxylic acids is 1. The van der Waals surface area contributed by atoms with E-state index in [0.717, 1.165) is 4.88 Å². The van der Waals surface area contributed by atoms with Crippen LogP contribution in [-0.4, -0.2) is 26.2 Å². The van der Waals surface area contributed by atoms with Crippen LogP contribution in [0.15, 0.2) is 74.7 Å². The molecule has 9 heteroatoms. The van der Waals surface area contributed by atoms with Crippen LogP contribution in [0.4, 0.5) is 0 Å². The quantitative estimate of drug-likeness (QED) is 0.480. The van der Waals surface area contributed by atoms with Crippen LogP contribution in [0.25, 0.3) is 10.9 Å². The Hall–Kier alpha value is -3.23. The van der Waals surface area contributed by atoms with Gasteiger partial charge in [-0.25, -0.2) is 9.99 Å². The molecule has 0 N–H and O–H groups in total. The second-order valence-corrected chi connectivity index (χ2v) is 8.25. The third-order valence-electron chi connectivity index (χ3n) is 4.93. The minimum Gasteiger partial charge on any atom is -0.463 e. The number of benzene rings is 1.